The number of carbonyl (C=O) groups is 1. The lowest BCUT2D eigenvalue weighted by atomic mass is 10.0. The highest BCUT2D eigenvalue weighted by atomic mass is 127. The Hall–Kier alpha value is -2.40. The second-order valence-electron chi connectivity index (χ2n) is 5.69. The number of anilines is 1. The predicted octanol–water partition coefficient (Wildman–Crippen LogP) is 5.45. The molecule has 2 nitrogen and oxygen atoms in total. The van der Waals surface area contributed by atoms with Crippen LogP contribution in [-0.4, -0.2) is 5.91 Å². The van der Waals surface area contributed by atoms with Gasteiger partial charge >= 0.3 is 0 Å². The molecule has 3 aromatic carbocycles. The van der Waals surface area contributed by atoms with Gasteiger partial charge in [0, 0.05) is 20.4 Å². The van der Waals surface area contributed by atoms with Gasteiger partial charge in [0.05, 0.1) is 0 Å². The normalized spacial score (nSPS) is 14.5. The zero-order valence-electron chi connectivity index (χ0n) is 12.8. The SMILES string of the molecule is O=C1Nc2ccc(I)cc2C1=Cc1ccc(-c2ccccc2)cc1. The molecular formula is C21H14INO. The molecular weight excluding hydrogens is 409 g/mol. The maximum absolute atomic E-state index is 12.3. The molecule has 0 saturated heterocycles. The van der Waals surface area contributed by atoms with Gasteiger partial charge in [0.1, 0.15) is 0 Å². The highest BCUT2D eigenvalue weighted by Gasteiger charge is 2.23. The predicted molar refractivity (Wildman–Crippen MR) is 108 cm³/mol. The Morgan fingerprint density at radius 1 is 0.833 bits per heavy atom. The Labute approximate surface area is 154 Å². The third-order valence-electron chi connectivity index (χ3n) is 4.09. The van der Waals surface area contributed by atoms with Crippen LogP contribution < -0.4 is 5.32 Å². The molecule has 1 aliphatic rings. The molecule has 116 valence electrons. The number of halogens is 1. The molecule has 1 aliphatic heterocycles. The first-order chi connectivity index (χ1) is 11.7. The van der Waals surface area contributed by atoms with E-state index in [0.29, 0.717) is 0 Å². The molecule has 24 heavy (non-hydrogen) atoms. The summed E-state index contributed by atoms with van der Waals surface area (Å²) in [5, 5.41) is 2.92. The lowest BCUT2D eigenvalue weighted by Crippen LogP contribution is -2.03. The number of nitrogens with one attached hydrogen (secondary N) is 1. The summed E-state index contributed by atoms with van der Waals surface area (Å²) in [5.41, 5.74) is 5.95. The van der Waals surface area contributed by atoms with E-state index in [2.05, 4.69) is 64.3 Å². The van der Waals surface area contributed by atoms with Crippen molar-refractivity contribution in [3.05, 3.63) is 87.5 Å². The number of carbonyl (C=O) groups excluding carboxylic acids is 1. The number of hydrogen-bond acceptors (Lipinski definition) is 1. The van der Waals surface area contributed by atoms with E-state index in [9.17, 15) is 4.79 Å². The van der Waals surface area contributed by atoms with Gasteiger partial charge in [-0.25, -0.2) is 0 Å². The van der Waals surface area contributed by atoms with E-state index in [1.54, 1.807) is 0 Å². The fraction of sp³-hybridized carbons (Fsp3) is 0. The quantitative estimate of drug-likeness (QED) is 0.431. The molecule has 0 aliphatic carbocycles. The zero-order valence-corrected chi connectivity index (χ0v) is 14.9. The number of hydrogen-bond donors (Lipinski definition) is 1. The number of benzene rings is 3. The summed E-state index contributed by atoms with van der Waals surface area (Å²) in [6.45, 7) is 0. The summed E-state index contributed by atoms with van der Waals surface area (Å²) in [6, 6.07) is 24.5. The standard InChI is InChI=1S/C21H14INO/c22-17-10-11-20-18(13-17)19(21(24)23-20)12-14-6-8-16(9-7-14)15-4-2-1-3-5-15/h1-13H,(H,23,24). The summed E-state index contributed by atoms with van der Waals surface area (Å²) < 4.78 is 1.12. The van der Waals surface area contributed by atoms with Gasteiger partial charge in [-0.1, -0.05) is 54.6 Å². The molecule has 1 heterocycles. The number of fused-ring (bicyclic) bond motifs is 1. The smallest absolute Gasteiger partial charge is 0.256 e. The van der Waals surface area contributed by atoms with E-state index in [4.69, 9.17) is 0 Å². The van der Waals surface area contributed by atoms with Crippen molar-refractivity contribution in [2.75, 3.05) is 5.32 Å². The van der Waals surface area contributed by atoms with Crippen LogP contribution in [0.1, 0.15) is 11.1 Å². The highest BCUT2D eigenvalue weighted by Crippen LogP contribution is 2.34. The number of rotatable bonds is 2. The maximum atomic E-state index is 12.3. The molecule has 1 amide bonds. The molecule has 3 aromatic rings. The van der Waals surface area contributed by atoms with Gasteiger partial charge in [0.2, 0.25) is 0 Å². The molecule has 3 heteroatoms. The zero-order chi connectivity index (χ0) is 16.5. The second-order valence-corrected chi connectivity index (χ2v) is 6.94. The van der Waals surface area contributed by atoms with E-state index in [-0.39, 0.29) is 5.91 Å². The minimum atomic E-state index is -0.0425. The molecule has 0 aromatic heterocycles. The van der Waals surface area contributed by atoms with Gasteiger partial charge in [0.15, 0.2) is 0 Å². The lowest BCUT2D eigenvalue weighted by molar-refractivity contribution is -0.110. The Bertz CT molecular complexity index is 943. The van der Waals surface area contributed by atoms with Crippen molar-refractivity contribution in [1.29, 1.82) is 0 Å². The van der Waals surface area contributed by atoms with Crippen LogP contribution in [0.4, 0.5) is 5.69 Å². The minimum absolute atomic E-state index is 0.0425. The van der Waals surface area contributed by atoms with E-state index in [1.807, 2.05) is 42.5 Å². The van der Waals surface area contributed by atoms with Crippen molar-refractivity contribution in [2.45, 2.75) is 0 Å². The van der Waals surface area contributed by atoms with Crippen molar-refractivity contribution >= 4 is 45.8 Å². The fourth-order valence-corrected chi connectivity index (χ4v) is 3.36. The largest absolute Gasteiger partial charge is 0.321 e. The Kier molecular flexibility index (Phi) is 3.94. The van der Waals surface area contributed by atoms with Crippen LogP contribution in [0.15, 0.2) is 72.8 Å². The van der Waals surface area contributed by atoms with Crippen LogP contribution in [-0.2, 0) is 4.79 Å². The average Bonchev–Trinajstić information content (AvgIpc) is 2.92. The Morgan fingerprint density at radius 3 is 2.29 bits per heavy atom. The van der Waals surface area contributed by atoms with E-state index >= 15 is 0 Å². The van der Waals surface area contributed by atoms with E-state index in [1.165, 1.54) is 11.1 Å². The molecule has 0 atom stereocenters. The van der Waals surface area contributed by atoms with Gasteiger partial charge in [-0.2, -0.15) is 0 Å². The van der Waals surface area contributed by atoms with Crippen molar-refractivity contribution < 1.29 is 4.79 Å². The third kappa shape index (κ3) is 2.87. The topological polar surface area (TPSA) is 29.1 Å². The molecule has 0 saturated carbocycles. The maximum Gasteiger partial charge on any atom is 0.256 e. The van der Waals surface area contributed by atoms with Crippen LogP contribution in [0.25, 0.3) is 22.8 Å². The average molecular weight is 423 g/mol. The molecule has 0 bridgehead atoms. The molecule has 0 fully saturated rings. The molecule has 0 unspecified atom stereocenters. The van der Waals surface area contributed by atoms with Crippen molar-refractivity contribution in [3.8, 4) is 11.1 Å². The summed E-state index contributed by atoms with van der Waals surface area (Å²) in [5.74, 6) is -0.0425. The summed E-state index contributed by atoms with van der Waals surface area (Å²) >= 11 is 2.27. The van der Waals surface area contributed by atoms with Gasteiger partial charge in [0.25, 0.3) is 5.91 Å². The molecule has 4 rings (SSSR count). The summed E-state index contributed by atoms with van der Waals surface area (Å²) in [4.78, 5) is 12.3. The summed E-state index contributed by atoms with van der Waals surface area (Å²) in [6.07, 6.45) is 1.95. The van der Waals surface area contributed by atoms with Gasteiger partial charge < -0.3 is 5.32 Å². The third-order valence-corrected chi connectivity index (χ3v) is 4.76. The van der Waals surface area contributed by atoms with Crippen LogP contribution in [0.5, 0.6) is 0 Å². The van der Waals surface area contributed by atoms with Gasteiger partial charge in [-0.05, 0) is 63.6 Å². The first-order valence-electron chi connectivity index (χ1n) is 7.69. The highest BCUT2D eigenvalue weighted by molar-refractivity contribution is 14.1. The first kappa shape index (κ1) is 15.1. The lowest BCUT2D eigenvalue weighted by Gasteiger charge is -2.03. The van der Waals surface area contributed by atoms with Crippen LogP contribution in [0, 0.1) is 3.57 Å². The minimum Gasteiger partial charge on any atom is -0.321 e. The van der Waals surface area contributed by atoms with Gasteiger partial charge in [-0.15, -0.1) is 0 Å². The second kappa shape index (κ2) is 6.24. The fourth-order valence-electron chi connectivity index (χ4n) is 2.87. The van der Waals surface area contributed by atoms with Crippen LogP contribution in [0.3, 0.4) is 0 Å². The summed E-state index contributed by atoms with van der Waals surface area (Å²) in [7, 11) is 0. The number of amides is 1. The monoisotopic (exact) mass is 423 g/mol. The first-order valence-corrected chi connectivity index (χ1v) is 8.77. The van der Waals surface area contributed by atoms with Crippen LogP contribution in [0.2, 0.25) is 0 Å². The van der Waals surface area contributed by atoms with Crippen molar-refractivity contribution in [2.24, 2.45) is 0 Å². The molecule has 0 radical (unpaired) electrons. The van der Waals surface area contributed by atoms with Crippen molar-refractivity contribution in [1.82, 2.24) is 0 Å². The van der Waals surface area contributed by atoms with Gasteiger partial charge in [-0.3, -0.25) is 4.79 Å². The van der Waals surface area contributed by atoms with Crippen molar-refractivity contribution in [3.63, 3.8) is 0 Å². The molecule has 1 N–H and O–H groups in total. The Balaban J connectivity index is 1.70. The van der Waals surface area contributed by atoms with E-state index in [0.717, 1.165) is 26.0 Å². The molecule has 0 spiro atoms. The Morgan fingerprint density at radius 2 is 1.54 bits per heavy atom. The van der Waals surface area contributed by atoms with E-state index < -0.39 is 0 Å². The van der Waals surface area contributed by atoms with Crippen LogP contribution >= 0.6 is 22.6 Å².